The Labute approximate surface area is 201 Å². The number of aliphatic hydroxyl groups excluding tert-OH is 1. The SMILES string of the molecule is C[C@H]1[C@H](C)CC[C@]2(C(=O)O)CC[C@]3(C)C(=CC[C@H]4[C@@]5(C)CC[C@H](O)C(C)(C)[C@H]5CC[C@]43C)[C@H]12. The van der Waals surface area contributed by atoms with Gasteiger partial charge < -0.3 is 10.2 Å². The molecule has 0 spiro atoms. The van der Waals surface area contributed by atoms with Gasteiger partial charge in [0.1, 0.15) is 0 Å². The molecule has 0 unspecified atom stereocenters. The third-order valence-electron chi connectivity index (χ3n) is 13.4. The first kappa shape index (κ1) is 23.9. The average molecular weight is 457 g/mol. The van der Waals surface area contributed by atoms with Crippen molar-refractivity contribution in [3.8, 4) is 0 Å². The van der Waals surface area contributed by atoms with Crippen molar-refractivity contribution in [2.45, 2.75) is 112 Å². The first-order chi connectivity index (χ1) is 15.3. The van der Waals surface area contributed by atoms with E-state index in [4.69, 9.17) is 0 Å². The number of rotatable bonds is 1. The van der Waals surface area contributed by atoms with Crippen molar-refractivity contribution < 1.29 is 15.0 Å². The molecule has 0 aromatic carbocycles. The molecule has 0 aromatic rings. The fourth-order valence-corrected chi connectivity index (χ4v) is 10.8. The molecular formula is C30H48O3. The topological polar surface area (TPSA) is 57.5 Å². The van der Waals surface area contributed by atoms with E-state index < -0.39 is 11.4 Å². The number of fused-ring (bicyclic) bond motifs is 7. The Morgan fingerprint density at radius 3 is 2.27 bits per heavy atom. The Morgan fingerprint density at radius 1 is 0.909 bits per heavy atom. The molecule has 4 saturated carbocycles. The van der Waals surface area contributed by atoms with Gasteiger partial charge in [-0.2, -0.15) is 0 Å². The van der Waals surface area contributed by atoms with Gasteiger partial charge in [-0.05, 0) is 109 Å². The number of hydrogen-bond donors (Lipinski definition) is 2. The maximum absolute atomic E-state index is 12.8. The van der Waals surface area contributed by atoms with Crippen LogP contribution in [0.3, 0.4) is 0 Å². The number of aliphatic hydroxyl groups is 1. The molecule has 5 aliphatic rings. The average Bonchev–Trinajstić information content (AvgIpc) is 2.74. The molecular weight excluding hydrogens is 408 g/mol. The van der Waals surface area contributed by atoms with Crippen LogP contribution in [-0.4, -0.2) is 22.3 Å². The van der Waals surface area contributed by atoms with Crippen molar-refractivity contribution in [2.75, 3.05) is 0 Å². The highest BCUT2D eigenvalue weighted by atomic mass is 16.4. The molecule has 0 aromatic heterocycles. The fraction of sp³-hybridized carbons (Fsp3) is 0.900. The predicted octanol–water partition coefficient (Wildman–Crippen LogP) is 7.09. The minimum atomic E-state index is -0.557. The maximum Gasteiger partial charge on any atom is 0.310 e. The Balaban J connectivity index is 1.61. The summed E-state index contributed by atoms with van der Waals surface area (Å²) in [6.45, 7) is 17.0. The second-order valence-corrected chi connectivity index (χ2v) is 14.5. The van der Waals surface area contributed by atoms with Crippen LogP contribution in [0.4, 0.5) is 0 Å². The van der Waals surface area contributed by atoms with Crippen molar-refractivity contribution in [1.82, 2.24) is 0 Å². The lowest BCUT2D eigenvalue weighted by atomic mass is 9.33. The third-order valence-corrected chi connectivity index (χ3v) is 13.4. The standard InChI is InChI=1S/C30H48O3/c1-18-10-15-30(25(32)33)17-16-28(6)20(24(30)19(18)2)8-9-22-27(5)13-12-23(31)26(3,4)21(27)11-14-29(22,28)7/h8,18-19,21-24,31H,9-17H2,1-7H3,(H,32,33)/t18-,19+,21-,22+,23+,24+,27+,28-,29-,30+/m1/s1. The van der Waals surface area contributed by atoms with E-state index in [0.29, 0.717) is 23.7 Å². The Kier molecular flexibility index (Phi) is 5.15. The summed E-state index contributed by atoms with van der Waals surface area (Å²) >= 11 is 0. The fourth-order valence-electron chi connectivity index (χ4n) is 10.8. The largest absolute Gasteiger partial charge is 0.481 e. The number of carboxylic acid groups (broad SMARTS) is 1. The molecule has 0 saturated heterocycles. The zero-order valence-electron chi connectivity index (χ0n) is 22.2. The van der Waals surface area contributed by atoms with Gasteiger partial charge in [0.25, 0.3) is 0 Å². The van der Waals surface area contributed by atoms with Gasteiger partial charge in [-0.25, -0.2) is 0 Å². The molecule has 0 amide bonds. The summed E-state index contributed by atoms with van der Waals surface area (Å²) in [6, 6.07) is 0. The smallest absolute Gasteiger partial charge is 0.310 e. The number of allylic oxidation sites excluding steroid dienone is 2. The van der Waals surface area contributed by atoms with Gasteiger partial charge in [-0.15, -0.1) is 0 Å². The van der Waals surface area contributed by atoms with Gasteiger partial charge in [0.2, 0.25) is 0 Å². The van der Waals surface area contributed by atoms with Gasteiger partial charge in [-0.1, -0.05) is 60.1 Å². The van der Waals surface area contributed by atoms with Crippen molar-refractivity contribution in [2.24, 2.45) is 56.7 Å². The van der Waals surface area contributed by atoms with Gasteiger partial charge in [0, 0.05) is 0 Å². The number of aliphatic carboxylic acids is 1. The summed E-state index contributed by atoms with van der Waals surface area (Å²) in [5.41, 5.74) is 1.46. The number of hydrogen-bond acceptors (Lipinski definition) is 2. The van der Waals surface area contributed by atoms with Crippen LogP contribution >= 0.6 is 0 Å². The van der Waals surface area contributed by atoms with Crippen LogP contribution in [0.15, 0.2) is 11.6 Å². The first-order valence-electron chi connectivity index (χ1n) is 13.9. The Morgan fingerprint density at radius 2 is 1.61 bits per heavy atom. The highest BCUT2D eigenvalue weighted by Gasteiger charge is 2.69. The molecule has 0 bridgehead atoms. The summed E-state index contributed by atoms with van der Waals surface area (Å²) in [6.07, 6.45) is 11.6. The Hall–Kier alpha value is -0.830. The van der Waals surface area contributed by atoms with Crippen LogP contribution in [-0.2, 0) is 4.79 Å². The monoisotopic (exact) mass is 456 g/mol. The van der Waals surface area contributed by atoms with Crippen LogP contribution in [0.5, 0.6) is 0 Å². The zero-order chi connectivity index (χ0) is 24.2. The molecule has 0 aliphatic heterocycles. The van der Waals surface area contributed by atoms with E-state index in [1.807, 2.05) is 0 Å². The summed E-state index contributed by atoms with van der Waals surface area (Å²) in [5.74, 6) is 1.82. The van der Waals surface area contributed by atoms with E-state index >= 15 is 0 Å². The second-order valence-electron chi connectivity index (χ2n) is 14.5. The summed E-state index contributed by atoms with van der Waals surface area (Å²) in [7, 11) is 0. The minimum Gasteiger partial charge on any atom is -0.481 e. The van der Waals surface area contributed by atoms with Gasteiger partial charge >= 0.3 is 5.97 Å². The van der Waals surface area contributed by atoms with E-state index in [-0.39, 0.29) is 33.7 Å². The van der Waals surface area contributed by atoms with E-state index in [9.17, 15) is 15.0 Å². The molecule has 2 N–H and O–H groups in total. The number of carboxylic acids is 1. The lowest BCUT2D eigenvalue weighted by Gasteiger charge is -2.71. The second kappa shape index (κ2) is 7.11. The van der Waals surface area contributed by atoms with Crippen LogP contribution < -0.4 is 0 Å². The highest BCUT2D eigenvalue weighted by Crippen LogP contribution is 2.75. The zero-order valence-corrected chi connectivity index (χ0v) is 22.2. The molecule has 33 heavy (non-hydrogen) atoms. The molecule has 5 aliphatic carbocycles. The van der Waals surface area contributed by atoms with Crippen molar-refractivity contribution >= 4 is 5.97 Å². The summed E-state index contributed by atoms with van der Waals surface area (Å²) in [4.78, 5) is 12.8. The van der Waals surface area contributed by atoms with Crippen molar-refractivity contribution in [1.29, 1.82) is 0 Å². The van der Waals surface area contributed by atoms with Crippen LogP contribution in [0, 0.1) is 56.7 Å². The first-order valence-corrected chi connectivity index (χ1v) is 13.9. The predicted molar refractivity (Wildman–Crippen MR) is 133 cm³/mol. The minimum absolute atomic E-state index is 0.0302. The summed E-state index contributed by atoms with van der Waals surface area (Å²) in [5, 5.41) is 21.4. The molecule has 3 nitrogen and oxygen atoms in total. The number of carbonyl (C=O) groups is 1. The molecule has 186 valence electrons. The van der Waals surface area contributed by atoms with E-state index in [1.165, 1.54) is 18.4 Å². The Bertz CT molecular complexity index is 874. The van der Waals surface area contributed by atoms with E-state index in [1.54, 1.807) is 0 Å². The molecule has 5 rings (SSSR count). The van der Waals surface area contributed by atoms with Crippen LogP contribution in [0.1, 0.15) is 106 Å². The van der Waals surface area contributed by atoms with Gasteiger partial charge in [0.05, 0.1) is 11.5 Å². The van der Waals surface area contributed by atoms with Crippen molar-refractivity contribution in [3.05, 3.63) is 11.6 Å². The van der Waals surface area contributed by atoms with Crippen LogP contribution in [0.25, 0.3) is 0 Å². The molecule has 10 atom stereocenters. The van der Waals surface area contributed by atoms with E-state index in [0.717, 1.165) is 44.9 Å². The third kappa shape index (κ3) is 2.75. The normalized spacial score (nSPS) is 55.3. The van der Waals surface area contributed by atoms with Crippen molar-refractivity contribution in [3.63, 3.8) is 0 Å². The maximum atomic E-state index is 12.8. The highest BCUT2D eigenvalue weighted by molar-refractivity contribution is 5.76. The lowest BCUT2D eigenvalue weighted by Crippen LogP contribution is -2.65. The van der Waals surface area contributed by atoms with Crippen LogP contribution in [0.2, 0.25) is 0 Å². The lowest BCUT2D eigenvalue weighted by molar-refractivity contribution is -0.206. The molecule has 0 radical (unpaired) electrons. The van der Waals surface area contributed by atoms with E-state index in [2.05, 4.69) is 54.5 Å². The quantitative estimate of drug-likeness (QED) is 0.414. The van der Waals surface area contributed by atoms with Gasteiger partial charge in [0.15, 0.2) is 0 Å². The molecule has 3 heteroatoms. The molecule has 0 heterocycles. The summed E-state index contributed by atoms with van der Waals surface area (Å²) < 4.78 is 0. The molecule has 4 fully saturated rings. The van der Waals surface area contributed by atoms with Gasteiger partial charge in [-0.3, -0.25) is 4.79 Å².